The molecular weight excluding hydrogens is 372 g/mol. The molecule has 0 aromatic carbocycles. The number of thiophene rings is 1. The smallest absolute Gasteiger partial charge is 0.0285 e. The molecule has 0 radical (unpaired) electrons. The van der Waals surface area contributed by atoms with Crippen LogP contribution < -0.4 is 0 Å². The van der Waals surface area contributed by atoms with Crippen LogP contribution in [0.3, 0.4) is 0 Å². The second-order valence-corrected chi connectivity index (χ2v) is 9.52. The second kappa shape index (κ2) is 5.97. The molecular formula is C15H22Br2S. The molecule has 1 aliphatic rings. The molecule has 18 heavy (non-hydrogen) atoms. The van der Waals surface area contributed by atoms with Gasteiger partial charge in [-0.1, -0.05) is 43.1 Å². The third-order valence-corrected chi connectivity index (χ3v) is 7.00. The lowest BCUT2D eigenvalue weighted by atomic mass is 9.67. The van der Waals surface area contributed by atoms with Crippen molar-refractivity contribution in [1.82, 2.24) is 0 Å². The van der Waals surface area contributed by atoms with E-state index in [1.807, 2.05) is 11.3 Å². The lowest BCUT2D eigenvalue weighted by Crippen LogP contribution is -2.36. The Balaban J connectivity index is 2.05. The monoisotopic (exact) mass is 392 g/mol. The van der Waals surface area contributed by atoms with E-state index in [0.717, 1.165) is 11.8 Å². The highest BCUT2D eigenvalue weighted by molar-refractivity contribution is 9.10. The Kier molecular flexibility index (Phi) is 4.99. The highest BCUT2D eigenvalue weighted by atomic mass is 79.9. The predicted molar refractivity (Wildman–Crippen MR) is 88.7 cm³/mol. The fourth-order valence-electron chi connectivity index (χ4n) is 3.22. The van der Waals surface area contributed by atoms with Gasteiger partial charge in [0.25, 0.3) is 0 Å². The molecule has 0 N–H and O–H groups in total. The van der Waals surface area contributed by atoms with E-state index in [-0.39, 0.29) is 0 Å². The average molecular weight is 394 g/mol. The Labute approximate surface area is 132 Å². The van der Waals surface area contributed by atoms with E-state index >= 15 is 0 Å². The molecule has 0 aliphatic heterocycles. The van der Waals surface area contributed by atoms with Gasteiger partial charge in [0.2, 0.25) is 0 Å². The molecule has 1 saturated carbocycles. The standard InChI is InChI=1S/C15H22Br2S/c1-10-4-5-13(14(17)6-10)15(2,3)8-12-7-11(16)9-18-12/h7,9-10,13-14H,4-6,8H2,1-3H3. The summed E-state index contributed by atoms with van der Waals surface area (Å²) in [6.07, 6.45) is 5.30. The number of hydrogen-bond donors (Lipinski definition) is 0. The van der Waals surface area contributed by atoms with Crippen LogP contribution in [0.4, 0.5) is 0 Å². The molecule has 0 spiro atoms. The lowest BCUT2D eigenvalue weighted by Gasteiger charge is -2.42. The quantitative estimate of drug-likeness (QED) is 0.530. The number of hydrogen-bond acceptors (Lipinski definition) is 1. The van der Waals surface area contributed by atoms with E-state index in [1.165, 1.54) is 35.0 Å². The summed E-state index contributed by atoms with van der Waals surface area (Å²) in [4.78, 5) is 2.20. The van der Waals surface area contributed by atoms with Gasteiger partial charge in [0.05, 0.1) is 0 Å². The molecule has 3 atom stereocenters. The van der Waals surface area contributed by atoms with E-state index in [1.54, 1.807) is 0 Å². The van der Waals surface area contributed by atoms with Crippen LogP contribution in [-0.2, 0) is 6.42 Å². The minimum absolute atomic E-state index is 0.387. The molecule has 1 aromatic rings. The zero-order valence-corrected chi connectivity index (χ0v) is 15.4. The molecule has 0 amide bonds. The second-order valence-electron chi connectivity index (χ2n) is 6.44. The fraction of sp³-hybridized carbons (Fsp3) is 0.733. The van der Waals surface area contributed by atoms with Crippen molar-refractivity contribution in [1.29, 1.82) is 0 Å². The van der Waals surface area contributed by atoms with Crippen molar-refractivity contribution >= 4 is 43.2 Å². The van der Waals surface area contributed by atoms with Crippen molar-refractivity contribution in [2.75, 3.05) is 0 Å². The first kappa shape index (κ1) is 15.1. The van der Waals surface area contributed by atoms with Crippen LogP contribution in [0, 0.1) is 17.3 Å². The molecule has 102 valence electrons. The highest BCUT2D eigenvalue weighted by Crippen LogP contribution is 2.45. The molecule has 1 aliphatic carbocycles. The van der Waals surface area contributed by atoms with Gasteiger partial charge >= 0.3 is 0 Å². The lowest BCUT2D eigenvalue weighted by molar-refractivity contribution is 0.148. The first-order valence-corrected chi connectivity index (χ1v) is 9.34. The summed E-state index contributed by atoms with van der Waals surface area (Å²) in [7, 11) is 0. The molecule has 1 aromatic heterocycles. The Morgan fingerprint density at radius 1 is 1.39 bits per heavy atom. The first-order valence-electron chi connectivity index (χ1n) is 6.75. The maximum Gasteiger partial charge on any atom is 0.0285 e. The van der Waals surface area contributed by atoms with Crippen molar-refractivity contribution in [3.05, 3.63) is 20.8 Å². The minimum Gasteiger partial charge on any atom is -0.148 e. The fourth-order valence-corrected chi connectivity index (χ4v) is 6.53. The molecule has 1 fully saturated rings. The van der Waals surface area contributed by atoms with Crippen LogP contribution in [0.15, 0.2) is 15.9 Å². The topological polar surface area (TPSA) is 0 Å². The molecule has 1 heterocycles. The maximum atomic E-state index is 3.94. The Morgan fingerprint density at radius 3 is 2.67 bits per heavy atom. The Morgan fingerprint density at radius 2 is 2.11 bits per heavy atom. The summed E-state index contributed by atoms with van der Waals surface area (Å²) < 4.78 is 1.23. The normalized spacial score (nSPS) is 29.5. The van der Waals surface area contributed by atoms with Gasteiger partial charge in [-0.25, -0.2) is 0 Å². The van der Waals surface area contributed by atoms with Crippen molar-refractivity contribution in [3.8, 4) is 0 Å². The minimum atomic E-state index is 0.387. The summed E-state index contributed by atoms with van der Waals surface area (Å²) >= 11 is 9.38. The molecule has 0 saturated heterocycles. The van der Waals surface area contributed by atoms with Gasteiger partial charge in [-0.3, -0.25) is 0 Å². The van der Waals surface area contributed by atoms with E-state index in [0.29, 0.717) is 10.2 Å². The van der Waals surface area contributed by atoms with E-state index < -0.39 is 0 Å². The van der Waals surface area contributed by atoms with Crippen LogP contribution in [0.1, 0.15) is 44.9 Å². The largest absolute Gasteiger partial charge is 0.148 e. The van der Waals surface area contributed by atoms with Crippen LogP contribution >= 0.6 is 43.2 Å². The molecule has 3 unspecified atom stereocenters. The van der Waals surface area contributed by atoms with Crippen LogP contribution in [-0.4, -0.2) is 4.83 Å². The third kappa shape index (κ3) is 3.61. The van der Waals surface area contributed by atoms with Crippen LogP contribution in [0.5, 0.6) is 0 Å². The molecule has 2 rings (SSSR count). The molecule has 0 bridgehead atoms. The predicted octanol–water partition coefficient (Wildman–Crippen LogP) is 6.28. The molecule has 0 nitrogen and oxygen atoms in total. The maximum absolute atomic E-state index is 3.94. The van der Waals surface area contributed by atoms with Crippen molar-refractivity contribution in [2.45, 2.75) is 51.3 Å². The zero-order valence-electron chi connectivity index (χ0n) is 11.4. The number of alkyl halides is 1. The van der Waals surface area contributed by atoms with Gasteiger partial charge in [0.1, 0.15) is 0 Å². The van der Waals surface area contributed by atoms with Crippen molar-refractivity contribution in [2.24, 2.45) is 17.3 Å². The van der Waals surface area contributed by atoms with E-state index in [4.69, 9.17) is 0 Å². The molecule has 3 heteroatoms. The zero-order chi connectivity index (χ0) is 13.3. The highest BCUT2D eigenvalue weighted by Gasteiger charge is 2.37. The van der Waals surface area contributed by atoms with Gasteiger partial charge in [-0.2, -0.15) is 0 Å². The van der Waals surface area contributed by atoms with E-state index in [2.05, 4.69) is 64.1 Å². The van der Waals surface area contributed by atoms with Crippen molar-refractivity contribution < 1.29 is 0 Å². The average Bonchev–Trinajstić information content (AvgIpc) is 2.62. The first-order chi connectivity index (χ1) is 8.38. The summed E-state index contributed by atoms with van der Waals surface area (Å²) in [5.41, 5.74) is 0.387. The summed E-state index contributed by atoms with van der Waals surface area (Å²) in [5, 5.41) is 2.19. The van der Waals surface area contributed by atoms with Gasteiger partial charge < -0.3 is 0 Å². The van der Waals surface area contributed by atoms with Crippen molar-refractivity contribution in [3.63, 3.8) is 0 Å². The summed E-state index contributed by atoms with van der Waals surface area (Å²) in [5.74, 6) is 1.69. The number of halogens is 2. The summed E-state index contributed by atoms with van der Waals surface area (Å²) in [6, 6.07) is 2.28. The Hall–Kier alpha value is 0.660. The van der Waals surface area contributed by atoms with Gasteiger partial charge in [-0.15, -0.1) is 11.3 Å². The van der Waals surface area contributed by atoms with Gasteiger partial charge in [0, 0.05) is 19.6 Å². The van der Waals surface area contributed by atoms with E-state index in [9.17, 15) is 0 Å². The Bertz CT molecular complexity index is 397. The SMILES string of the molecule is CC1CCC(C(C)(C)Cc2cc(Br)cs2)C(Br)C1. The van der Waals surface area contributed by atoms with Gasteiger partial charge in [-0.05, 0) is 58.5 Å². The summed E-state index contributed by atoms with van der Waals surface area (Å²) in [6.45, 7) is 7.26. The van der Waals surface area contributed by atoms with Crippen LogP contribution in [0.25, 0.3) is 0 Å². The number of rotatable bonds is 3. The van der Waals surface area contributed by atoms with Crippen LogP contribution in [0.2, 0.25) is 0 Å². The van der Waals surface area contributed by atoms with Gasteiger partial charge in [0.15, 0.2) is 0 Å². The third-order valence-electron chi connectivity index (χ3n) is 4.29.